The molecule has 5 rings (SSSR count). The lowest BCUT2D eigenvalue weighted by Gasteiger charge is -2.17. The fraction of sp³-hybridized carbons (Fsp3) is 0.167. The molecule has 37 heavy (non-hydrogen) atoms. The van der Waals surface area contributed by atoms with Gasteiger partial charge in [-0.05, 0) is 57.6 Å². The number of carbonyl (C=O) groups is 2. The van der Waals surface area contributed by atoms with Gasteiger partial charge in [-0.25, -0.2) is 9.59 Å². The average molecular weight is 495 g/mol. The molecule has 1 atom stereocenters. The highest BCUT2D eigenvalue weighted by Crippen LogP contribution is 2.44. The molecule has 2 N–H and O–H groups in total. The molecule has 0 radical (unpaired) electrons. The SMILES string of the molecule is O=C(N[C@@H](Cc1ccc(OCc2ccncc2)cc1)C(=O)O)OCC1c2ccccc2-c2ccccc21. The quantitative estimate of drug-likeness (QED) is 0.332. The number of aliphatic carboxylic acids is 1. The second-order valence-corrected chi connectivity index (χ2v) is 8.85. The summed E-state index contributed by atoms with van der Waals surface area (Å²) in [5.74, 6) is -0.565. The number of nitrogens with zero attached hydrogens (tertiary/aromatic N) is 1. The van der Waals surface area contributed by atoms with E-state index in [1.165, 1.54) is 0 Å². The van der Waals surface area contributed by atoms with Crippen LogP contribution in [0.4, 0.5) is 4.79 Å². The first-order chi connectivity index (χ1) is 18.1. The van der Waals surface area contributed by atoms with Crippen molar-refractivity contribution in [3.63, 3.8) is 0 Å². The first-order valence-electron chi connectivity index (χ1n) is 12.0. The van der Waals surface area contributed by atoms with E-state index < -0.39 is 18.1 Å². The molecular formula is C30H26N2O5. The smallest absolute Gasteiger partial charge is 0.407 e. The third-order valence-electron chi connectivity index (χ3n) is 6.45. The van der Waals surface area contributed by atoms with E-state index in [0.29, 0.717) is 12.4 Å². The maximum absolute atomic E-state index is 12.6. The second kappa shape index (κ2) is 11.0. The Morgan fingerprint density at radius 1 is 0.838 bits per heavy atom. The summed E-state index contributed by atoms with van der Waals surface area (Å²) < 4.78 is 11.3. The van der Waals surface area contributed by atoms with Gasteiger partial charge in [0.15, 0.2) is 0 Å². The van der Waals surface area contributed by atoms with Crippen molar-refractivity contribution in [2.75, 3.05) is 6.61 Å². The molecule has 1 amide bonds. The van der Waals surface area contributed by atoms with Gasteiger partial charge in [0.1, 0.15) is 25.0 Å². The zero-order chi connectivity index (χ0) is 25.6. The molecule has 1 aliphatic carbocycles. The number of carbonyl (C=O) groups excluding carboxylic acids is 1. The van der Waals surface area contributed by atoms with E-state index in [0.717, 1.165) is 33.4 Å². The summed E-state index contributed by atoms with van der Waals surface area (Å²) in [6.07, 6.45) is 2.77. The third kappa shape index (κ3) is 5.62. The Morgan fingerprint density at radius 2 is 1.46 bits per heavy atom. The summed E-state index contributed by atoms with van der Waals surface area (Å²) in [6.45, 7) is 0.526. The van der Waals surface area contributed by atoms with E-state index in [1.54, 1.807) is 36.7 Å². The summed E-state index contributed by atoms with van der Waals surface area (Å²) in [5, 5.41) is 12.2. The van der Waals surface area contributed by atoms with Crippen LogP contribution in [0.3, 0.4) is 0 Å². The molecule has 1 aliphatic rings. The Hall–Kier alpha value is -4.65. The second-order valence-electron chi connectivity index (χ2n) is 8.85. The standard InChI is InChI=1S/C30H26N2O5/c33-29(34)28(17-20-9-11-22(12-10-20)36-18-21-13-15-31-16-14-21)32-30(35)37-19-27-25-7-3-1-5-23(25)24-6-2-4-8-26(24)27/h1-16,27-28H,17-19H2,(H,32,35)(H,33,34)/t28-/m0/s1. The molecule has 1 heterocycles. The lowest BCUT2D eigenvalue weighted by atomic mass is 9.98. The van der Waals surface area contributed by atoms with Gasteiger partial charge in [0.25, 0.3) is 0 Å². The molecule has 0 aliphatic heterocycles. The number of aromatic nitrogens is 1. The van der Waals surface area contributed by atoms with Crippen LogP contribution in [0.1, 0.15) is 28.2 Å². The van der Waals surface area contributed by atoms with E-state index in [9.17, 15) is 14.7 Å². The first-order valence-corrected chi connectivity index (χ1v) is 12.0. The number of amides is 1. The highest BCUT2D eigenvalue weighted by Gasteiger charge is 2.29. The normalized spacial score (nSPS) is 12.8. The number of hydrogen-bond acceptors (Lipinski definition) is 5. The zero-order valence-corrected chi connectivity index (χ0v) is 20.0. The number of fused-ring (bicyclic) bond motifs is 3. The van der Waals surface area contributed by atoms with Gasteiger partial charge < -0.3 is 19.9 Å². The first kappa shape index (κ1) is 24.1. The molecule has 3 aromatic carbocycles. The van der Waals surface area contributed by atoms with Crippen molar-refractivity contribution in [2.45, 2.75) is 25.0 Å². The van der Waals surface area contributed by atoms with E-state index in [1.807, 2.05) is 48.5 Å². The highest BCUT2D eigenvalue weighted by atomic mass is 16.5. The van der Waals surface area contributed by atoms with Gasteiger partial charge in [0.2, 0.25) is 0 Å². The van der Waals surface area contributed by atoms with Crippen molar-refractivity contribution in [2.24, 2.45) is 0 Å². The van der Waals surface area contributed by atoms with E-state index in [-0.39, 0.29) is 18.9 Å². The molecule has 0 fully saturated rings. The maximum atomic E-state index is 12.6. The van der Waals surface area contributed by atoms with Crippen LogP contribution in [0.15, 0.2) is 97.3 Å². The fourth-order valence-electron chi connectivity index (χ4n) is 4.59. The number of hydrogen-bond donors (Lipinski definition) is 2. The summed E-state index contributed by atoms with van der Waals surface area (Å²) in [6, 6.07) is 25.9. The molecule has 0 unspecified atom stereocenters. The number of benzene rings is 3. The Morgan fingerprint density at radius 3 is 2.08 bits per heavy atom. The molecule has 7 nitrogen and oxygen atoms in total. The Kier molecular flexibility index (Phi) is 7.12. The van der Waals surface area contributed by atoms with Crippen molar-refractivity contribution >= 4 is 12.1 Å². The van der Waals surface area contributed by atoms with Crippen LogP contribution < -0.4 is 10.1 Å². The summed E-state index contributed by atoms with van der Waals surface area (Å²) in [7, 11) is 0. The van der Waals surface area contributed by atoms with Gasteiger partial charge in [-0.1, -0.05) is 60.7 Å². The van der Waals surface area contributed by atoms with Crippen LogP contribution in [-0.2, 0) is 22.6 Å². The molecule has 7 heteroatoms. The number of alkyl carbamates (subject to hydrolysis) is 1. The van der Waals surface area contributed by atoms with Gasteiger partial charge in [-0.15, -0.1) is 0 Å². The molecule has 4 aromatic rings. The minimum absolute atomic E-state index is 0.0962. The number of carboxylic acids is 1. The van der Waals surface area contributed by atoms with Crippen molar-refractivity contribution in [3.8, 4) is 16.9 Å². The fourth-order valence-corrected chi connectivity index (χ4v) is 4.59. The summed E-state index contributed by atoms with van der Waals surface area (Å²) >= 11 is 0. The van der Waals surface area contributed by atoms with Crippen LogP contribution in [0, 0.1) is 0 Å². The third-order valence-corrected chi connectivity index (χ3v) is 6.45. The number of rotatable bonds is 9. The van der Waals surface area contributed by atoms with Crippen LogP contribution in [0.25, 0.3) is 11.1 Å². The van der Waals surface area contributed by atoms with Crippen LogP contribution >= 0.6 is 0 Å². The van der Waals surface area contributed by atoms with Gasteiger partial charge in [0.05, 0.1) is 0 Å². The Labute approximate surface area is 214 Å². The van der Waals surface area contributed by atoms with Crippen molar-refractivity contribution < 1.29 is 24.2 Å². The van der Waals surface area contributed by atoms with Crippen molar-refractivity contribution in [3.05, 3.63) is 120 Å². The summed E-state index contributed by atoms with van der Waals surface area (Å²) in [5.41, 5.74) is 6.20. The van der Waals surface area contributed by atoms with Crippen LogP contribution in [-0.4, -0.2) is 34.8 Å². The minimum Gasteiger partial charge on any atom is -0.489 e. The van der Waals surface area contributed by atoms with Gasteiger partial charge >= 0.3 is 12.1 Å². The van der Waals surface area contributed by atoms with Crippen LogP contribution in [0.5, 0.6) is 5.75 Å². The highest BCUT2D eigenvalue weighted by molar-refractivity contribution is 5.81. The summed E-state index contributed by atoms with van der Waals surface area (Å²) in [4.78, 5) is 28.4. The van der Waals surface area contributed by atoms with E-state index in [4.69, 9.17) is 9.47 Å². The number of ether oxygens (including phenoxy) is 2. The minimum atomic E-state index is -1.13. The Balaban J connectivity index is 1.17. The predicted octanol–water partition coefficient (Wildman–Crippen LogP) is 5.20. The van der Waals surface area contributed by atoms with Crippen LogP contribution in [0.2, 0.25) is 0 Å². The monoisotopic (exact) mass is 494 g/mol. The van der Waals surface area contributed by atoms with Crippen molar-refractivity contribution in [1.29, 1.82) is 0 Å². The zero-order valence-electron chi connectivity index (χ0n) is 20.0. The lowest BCUT2D eigenvalue weighted by molar-refractivity contribution is -0.139. The molecule has 1 aromatic heterocycles. The average Bonchev–Trinajstić information content (AvgIpc) is 3.25. The Bertz CT molecular complexity index is 1340. The molecule has 0 saturated carbocycles. The number of nitrogens with one attached hydrogen (secondary N) is 1. The van der Waals surface area contributed by atoms with Gasteiger partial charge in [-0.3, -0.25) is 4.98 Å². The molecular weight excluding hydrogens is 468 g/mol. The van der Waals surface area contributed by atoms with E-state index in [2.05, 4.69) is 22.4 Å². The lowest BCUT2D eigenvalue weighted by Crippen LogP contribution is -2.42. The number of pyridine rings is 1. The molecule has 186 valence electrons. The largest absolute Gasteiger partial charge is 0.489 e. The molecule has 0 spiro atoms. The number of carboxylic acid groups (broad SMARTS) is 1. The molecule has 0 bridgehead atoms. The van der Waals surface area contributed by atoms with Crippen molar-refractivity contribution in [1.82, 2.24) is 10.3 Å². The predicted molar refractivity (Wildman–Crippen MR) is 138 cm³/mol. The maximum Gasteiger partial charge on any atom is 0.407 e. The van der Waals surface area contributed by atoms with Gasteiger partial charge in [0, 0.05) is 24.7 Å². The molecule has 0 saturated heterocycles. The van der Waals surface area contributed by atoms with E-state index >= 15 is 0 Å². The topological polar surface area (TPSA) is 97.8 Å². The van der Waals surface area contributed by atoms with Gasteiger partial charge in [-0.2, -0.15) is 0 Å².